The SMILES string of the molecule is COC(OC)C(C)NC(=O)c1sccc1Cl. The molecule has 0 aliphatic heterocycles. The minimum atomic E-state index is -0.470. The van der Waals surface area contributed by atoms with Gasteiger partial charge in [-0.05, 0) is 18.4 Å². The lowest BCUT2D eigenvalue weighted by molar-refractivity contribution is -0.117. The zero-order valence-electron chi connectivity index (χ0n) is 9.32. The first kappa shape index (κ1) is 13.4. The predicted molar refractivity (Wildman–Crippen MR) is 64.1 cm³/mol. The minimum absolute atomic E-state index is 0.216. The summed E-state index contributed by atoms with van der Waals surface area (Å²) in [5.74, 6) is -0.216. The molecule has 0 spiro atoms. The number of halogens is 1. The second kappa shape index (κ2) is 6.20. The van der Waals surface area contributed by atoms with Crippen LogP contribution in [-0.2, 0) is 9.47 Å². The summed E-state index contributed by atoms with van der Waals surface area (Å²) in [7, 11) is 3.05. The highest BCUT2D eigenvalue weighted by Crippen LogP contribution is 2.21. The highest BCUT2D eigenvalue weighted by Gasteiger charge is 2.20. The molecule has 1 rings (SSSR count). The summed E-state index contributed by atoms with van der Waals surface area (Å²) in [4.78, 5) is 12.3. The van der Waals surface area contributed by atoms with Crippen LogP contribution in [0.15, 0.2) is 11.4 Å². The van der Waals surface area contributed by atoms with E-state index in [-0.39, 0.29) is 11.9 Å². The van der Waals surface area contributed by atoms with Crippen molar-refractivity contribution in [2.75, 3.05) is 14.2 Å². The summed E-state index contributed by atoms with van der Waals surface area (Å²) in [6, 6.07) is 1.44. The molecule has 1 atom stereocenters. The molecular formula is C10H14ClNO3S. The van der Waals surface area contributed by atoms with Crippen LogP contribution in [0, 0.1) is 0 Å². The Balaban J connectivity index is 2.61. The van der Waals surface area contributed by atoms with Gasteiger partial charge in [-0.3, -0.25) is 4.79 Å². The Kier molecular flexibility index (Phi) is 5.21. The van der Waals surface area contributed by atoms with Gasteiger partial charge < -0.3 is 14.8 Å². The number of rotatable bonds is 5. The van der Waals surface area contributed by atoms with Crippen molar-refractivity contribution in [1.82, 2.24) is 5.32 Å². The molecule has 16 heavy (non-hydrogen) atoms. The van der Waals surface area contributed by atoms with Crippen molar-refractivity contribution in [2.45, 2.75) is 19.3 Å². The Morgan fingerprint density at radius 3 is 2.56 bits per heavy atom. The lowest BCUT2D eigenvalue weighted by atomic mass is 10.3. The lowest BCUT2D eigenvalue weighted by Gasteiger charge is -2.21. The third-order valence-corrected chi connectivity index (χ3v) is 3.40. The topological polar surface area (TPSA) is 47.6 Å². The van der Waals surface area contributed by atoms with Gasteiger partial charge in [0.15, 0.2) is 6.29 Å². The molecule has 6 heteroatoms. The Morgan fingerprint density at radius 2 is 2.12 bits per heavy atom. The van der Waals surface area contributed by atoms with Crippen molar-refractivity contribution < 1.29 is 14.3 Å². The Labute approximate surface area is 104 Å². The number of amides is 1. The maximum Gasteiger partial charge on any atom is 0.263 e. The number of thiophene rings is 1. The number of carbonyl (C=O) groups excluding carboxylic acids is 1. The van der Waals surface area contributed by atoms with Crippen LogP contribution in [0.3, 0.4) is 0 Å². The van der Waals surface area contributed by atoms with E-state index in [4.69, 9.17) is 21.1 Å². The highest BCUT2D eigenvalue weighted by atomic mass is 35.5. The van der Waals surface area contributed by atoms with E-state index in [1.807, 2.05) is 0 Å². The maximum absolute atomic E-state index is 11.8. The average molecular weight is 264 g/mol. The zero-order chi connectivity index (χ0) is 12.1. The van der Waals surface area contributed by atoms with Crippen LogP contribution < -0.4 is 5.32 Å². The Bertz CT molecular complexity index is 352. The molecule has 90 valence electrons. The monoisotopic (exact) mass is 263 g/mol. The van der Waals surface area contributed by atoms with Gasteiger partial charge in [0, 0.05) is 14.2 Å². The van der Waals surface area contributed by atoms with Crippen LogP contribution in [0.1, 0.15) is 16.6 Å². The first-order valence-corrected chi connectivity index (χ1v) is 5.95. The van der Waals surface area contributed by atoms with Crippen molar-refractivity contribution in [1.29, 1.82) is 0 Å². The lowest BCUT2D eigenvalue weighted by Crippen LogP contribution is -2.42. The van der Waals surface area contributed by atoms with Crippen LogP contribution in [0.4, 0.5) is 0 Å². The number of ether oxygens (including phenoxy) is 2. The second-order valence-corrected chi connectivity index (χ2v) is 4.52. The predicted octanol–water partition coefficient (Wildman–Crippen LogP) is 2.14. The fourth-order valence-electron chi connectivity index (χ4n) is 1.30. The highest BCUT2D eigenvalue weighted by molar-refractivity contribution is 7.12. The molecule has 4 nitrogen and oxygen atoms in total. The Morgan fingerprint density at radius 1 is 1.50 bits per heavy atom. The molecule has 1 aromatic rings. The van der Waals surface area contributed by atoms with Gasteiger partial charge in [0.25, 0.3) is 5.91 Å². The van der Waals surface area contributed by atoms with E-state index in [9.17, 15) is 4.79 Å². The van der Waals surface area contributed by atoms with Crippen molar-refractivity contribution in [3.8, 4) is 0 Å². The van der Waals surface area contributed by atoms with Gasteiger partial charge in [-0.2, -0.15) is 0 Å². The van der Waals surface area contributed by atoms with Crippen LogP contribution in [0.25, 0.3) is 0 Å². The first-order valence-electron chi connectivity index (χ1n) is 4.69. The molecule has 1 N–H and O–H groups in total. The zero-order valence-corrected chi connectivity index (χ0v) is 10.9. The van der Waals surface area contributed by atoms with Gasteiger partial charge in [0.05, 0.1) is 11.1 Å². The van der Waals surface area contributed by atoms with Crippen molar-refractivity contribution >= 4 is 28.8 Å². The van der Waals surface area contributed by atoms with E-state index in [0.29, 0.717) is 9.90 Å². The van der Waals surface area contributed by atoms with Crippen molar-refractivity contribution in [3.63, 3.8) is 0 Å². The van der Waals surface area contributed by atoms with Gasteiger partial charge >= 0.3 is 0 Å². The molecule has 1 unspecified atom stereocenters. The molecule has 1 aromatic heterocycles. The van der Waals surface area contributed by atoms with E-state index in [1.54, 1.807) is 18.4 Å². The van der Waals surface area contributed by atoms with Gasteiger partial charge in [0.2, 0.25) is 0 Å². The van der Waals surface area contributed by atoms with Gasteiger partial charge in [-0.25, -0.2) is 0 Å². The van der Waals surface area contributed by atoms with E-state index in [0.717, 1.165) is 0 Å². The van der Waals surface area contributed by atoms with E-state index in [1.165, 1.54) is 25.6 Å². The molecular weight excluding hydrogens is 250 g/mol. The molecule has 0 saturated carbocycles. The summed E-state index contributed by atoms with van der Waals surface area (Å²) in [6.45, 7) is 1.80. The fraction of sp³-hybridized carbons (Fsp3) is 0.500. The first-order chi connectivity index (χ1) is 7.60. The van der Waals surface area contributed by atoms with E-state index >= 15 is 0 Å². The molecule has 1 amide bonds. The number of nitrogens with one attached hydrogen (secondary N) is 1. The van der Waals surface area contributed by atoms with E-state index < -0.39 is 6.29 Å². The molecule has 0 aliphatic carbocycles. The Hall–Kier alpha value is -0.620. The van der Waals surface area contributed by atoms with Crippen LogP contribution in [0.2, 0.25) is 5.02 Å². The van der Waals surface area contributed by atoms with Crippen LogP contribution in [0.5, 0.6) is 0 Å². The minimum Gasteiger partial charge on any atom is -0.354 e. The summed E-state index contributed by atoms with van der Waals surface area (Å²) < 4.78 is 10.1. The average Bonchev–Trinajstić information content (AvgIpc) is 2.66. The van der Waals surface area contributed by atoms with Crippen molar-refractivity contribution in [3.05, 3.63) is 21.3 Å². The normalized spacial score (nSPS) is 12.8. The molecule has 0 bridgehead atoms. The summed E-state index contributed by atoms with van der Waals surface area (Å²) in [6.07, 6.45) is -0.470. The van der Waals surface area contributed by atoms with Gasteiger partial charge in [-0.15, -0.1) is 11.3 Å². The maximum atomic E-state index is 11.8. The third kappa shape index (κ3) is 3.18. The molecule has 0 aromatic carbocycles. The summed E-state index contributed by atoms with van der Waals surface area (Å²) >= 11 is 7.15. The molecule has 0 saturated heterocycles. The van der Waals surface area contributed by atoms with Crippen LogP contribution >= 0.6 is 22.9 Å². The smallest absolute Gasteiger partial charge is 0.263 e. The number of hydrogen-bond donors (Lipinski definition) is 1. The molecule has 0 fully saturated rings. The van der Waals surface area contributed by atoms with Crippen molar-refractivity contribution in [2.24, 2.45) is 0 Å². The number of hydrogen-bond acceptors (Lipinski definition) is 4. The van der Waals surface area contributed by atoms with Crippen LogP contribution in [-0.4, -0.2) is 32.5 Å². The number of carbonyl (C=O) groups is 1. The molecule has 0 aliphatic rings. The summed E-state index contributed by atoms with van der Waals surface area (Å²) in [5, 5.41) is 4.99. The third-order valence-electron chi connectivity index (χ3n) is 2.06. The fourth-order valence-corrected chi connectivity index (χ4v) is 2.34. The standard InChI is InChI=1S/C10H14ClNO3S/c1-6(10(14-2)15-3)12-9(13)8-7(11)4-5-16-8/h4-6,10H,1-3H3,(H,12,13). The largest absolute Gasteiger partial charge is 0.354 e. The van der Waals surface area contributed by atoms with Gasteiger partial charge in [-0.1, -0.05) is 11.6 Å². The molecule has 1 heterocycles. The summed E-state index contributed by atoms with van der Waals surface area (Å²) in [5.41, 5.74) is 0. The quantitative estimate of drug-likeness (QED) is 0.828. The van der Waals surface area contributed by atoms with Gasteiger partial charge in [0.1, 0.15) is 4.88 Å². The second-order valence-electron chi connectivity index (χ2n) is 3.20. The molecule has 0 radical (unpaired) electrons. The van der Waals surface area contributed by atoms with E-state index in [2.05, 4.69) is 5.32 Å². The number of methoxy groups -OCH3 is 2.